The lowest BCUT2D eigenvalue weighted by Crippen LogP contribution is -2.10. The van der Waals surface area contributed by atoms with E-state index in [-0.39, 0.29) is 0 Å². The molecular weight excluding hydrogens is 741 g/mol. The SMILES string of the molecule is c1ccc(-c2ccc(-c3ccc(N(c4ccccc4)c4ccc(-c5ccc6c(c5)c5ccccc5n6-c5ccccc5)c5c4oc4ccc6ccccc6c45)cc3)cc2)cc1. The number of hydrogen-bond acceptors (Lipinski definition) is 2. The van der Waals surface area contributed by atoms with Crippen LogP contribution in [-0.4, -0.2) is 4.57 Å². The van der Waals surface area contributed by atoms with Gasteiger partial charge in [-0.2, -0.15) is 0 Å². The van der Waals surface area contributed by atoms with Crippen molar-refractivity contribution < 1.29 is 4.42 Å². The summed E-state index contributed by atoms with van der Waals surface area (Å²) in [5, 5.41) is 7.03. The summed E-state index contributed by atoms with van der Waals surface area (Å²) in [5.41, 5.74) is 15.4. The van der Waals surface area contributed by atoms with Crippen LogP contribution in [0.4, 0.5) is 17.1 Å². The second-order valence-electron chi connectivity index (χ2n) is 15.7. The Hall–Kier alpha value is -8.14. The van der Waals surface area contributed by atoms with Crippen LogP contribution in [0.15, 0.2) is 235 Å². The molecule has 0 amide bonds. The minimum Gasteiger partial charge on any atom is -0.454 e. The molecule has 10 aromatic carbocycles. The van der Waals surface area contributed by atoms with Crippen molar-refractivity contribution in [2.45, 2.75) is 0 Å². The van der Waals surface area contributed by atoms with Gasteiger partial charge >= 0.3 is 0 Å². The lowest BCUT2D eigenvalue weighted by atomic mass is 9.94. The van der Waals surface area contributed by atoms with Gasteiger partial charge in [0, 0.05) is 38.6 Å². The quantitative estimate of drug-likeness (QED) is 0.161. The molecule has 0 N–H and O–H groups in total. The van der Waals surface area contributed by atoms with Gasteiger partial charge in [0.15, 0.2) is 5.58 Å². The number of fused-ring (bicyclic) bond motifs is 8. The maximum Gasteiger partial charge on any atom is 0.160 e. The third kappa shape index (κ3) is 5.82. The number of anilines is 3. The van der Waals surface area contributed by atoms with E-state index in [9.17, 15) is 0 Å². The molecule has 0 unspecified atom stereocenters. The molecule has 0 saturated heterocycles. The first-order chi connectivity index (χ1) is 30.3. The van der Waals surface area contributed by atoms with E-state index in [0.29, 0.717) is 0 Å². The second-order valence-corrected chi connectivity index (χ2v) is 15.7. The van der Waals surface area contributed by atoms with Gasteiger partial charge in [-0.3, -0.25) is 0 Å². The largest absolute Gasteiger partial charge is 0.454 e. The highest BCUT2D eigenvalue weighted by atomic mass is 16.3. The van der Waals surface area contributed by atoms with Crippen LogP contribution in [0.1, 0.15) is 0 Å². The lowest BCUT2D eigenvalue weighted by molar-refractivity contribution is 0.669. The van der Waals surface area contributed by atoms with Crippen LogP contribution in [0.3, 0.4) is 0 Å². The number of furan rings is 1. The van der Waals surface area contributed by atoms with Gasteiger partial charge in [-0.1, -0.05) is 164 Å². The maximum absolute atomic E-state index is 7.09. The molecule has 0 spiro atoms. The molecule has 3 nitrogen and oxygen atoms in total. The lowest BCUT2D eigenvalue weighted by Gasteiger charge is -2.26. The third-order valence-electron chi connectivity index (χ3n) is 12.2. The molecule has 0 aliphatic carbocycles. The van der Waals surface area contributed by atoms with Crippen LogP contribution in [-0.2, 0) is 0 Å². The molecule has 12 rings (SSSR count). The van der Waals surface area contributed by atoms with E-state index >= 15 is 0 Å². The number of para-hydroxylation sites is 3. The molecule has 0 bridgehead atoms. The molecule has 0 fully saturated rings. The second kappa shape index (κ2) is 14.3. The van der Waals surface area contributed by atoms with Crippen molar-refractivity contribution in [2.24, 2.45) is 0 Å². The summed E-state index contributed by atoms with van der Waals surface area (Å²) in [6.45, 7) is 0. The normalized spacial score (nSPS) is 11.6. The van der Waals surface area contributed by atoms with Gasteiger partial charge in [-0.05, 0) is 111 Å². The van der Waals surface area contributed by atoms with Crippen LogP contribution >= 0.6 is 0 Å². The van der Waals surface area contributed by atoms with Crippen molar-refractivity contribution in [3.63, 3.8) is 0 Å². The summed E-state index contributed by atoms with van der Waals surface area (Å²) in [4.78, 5) is 2.33. The summed E-state index contributed by atoms with van der Waals surface area (Å²) in [6.07, 6.45) is 0. The third-order valence-corrected chi connectivity index (χ3v) is 12.2. The Kier molecular flexibility index (Phi) is 8.17. The zero-order valence-corrected chi connectivity index (χ0v) is 33.2. The number of benzene rings is 10. The van der Waals surface area contributed by atoms with Crippen molar-refractivity contribution in [3.8, 4) is 39.1 Å². The van der Waals surface area contributed by atoms with Crippen LogP contribution in [0.2, 0.25) is 0 Å². The first-order valence-electron chi connectivity index (χ1n) is 20.8. The Morgan fingerprint density at radius 2 is 0.918 bits per heavy atom. The van der Waals surface area contributed by atoms with Crippen LogP contribution < -0.4 is 4.90 Å². The minimum atomic E-state index is 0.847. The van der Waals surface area contributed by atoms with Crippen LogP contribution in [0.25, 0.3) is 93.6 Å². The highest BCUT2D eigenvalue weighted by molar-refractivity contribution is 6.25. The molecule has 3 heteroatoms. The van der Waals surface area contributed by atoms with E-state index < -0.39 is 0 Å². The Bertz CT molecular complexity index is 3550. The monoisotopic (exact) mass is 778 g/mol. The first-order valence-corrected chi connectivity index (χ1v) is 20.8. The molecular formula is C58H38N2O. The molecule has 0 atom stereocenters. The van der Waals surface area contributed by atoms with Gasteiger partial charge in [-0.25, -0.2) is 0 Å². The molecule has 0 radical (unpaired) electrons. The van der Waals surface area contributed by atoms with Crippen molar-refractivity contribution in [1.29, 1.82) is 0 Å². The number of rotatable bonds is 7. The summed E-state index contributed by atoms with van der Waals surface area (Å²) >= 11 is 0. The van der Waals surface area contributed by atoms with E-state index in [1.165, 1.54) is 49.3 Å². The molecule has 0 aliphatic heterocycles. The minimum absolute atomic E-state index is 0.847. The van der Waals surface area contributed by atoms with Gasteiger partial charge in [0.1, 0.15) is 5.58 Å². The van der Waals surface area contributed by atoms with E-state index in [1.807, 2.05) is 0 Å². The number of aromatic nitrogens is 1. The van der Waals surface area contributed by atoms with Crippen molar-refractivity contribution in [2.75, 3.05) is 4.90 Å². The zero-order valence-electron chi connectivity index (χ0n) is 33.2. The molecule has 0 aliphatic rings. The van der Waals surface area contributed by atoms with E-state index in [2.05, 4.69) is 240 Å². The zero-order chi connectivity index (χ0) is 40.3. The Labute approximate surface area is 353 Å². The summed E-state index contributed by atoms with van der Waals surface area (Å²) in [7, 11) is 0. The van der Waals surface area contributed by atoms with Gasteiger partial charge < -0.3 is 13.9 Å². The molecule has 61 heavy (non-hydrogen) atoms. The summed E-state index contributed by atoms with van der Waals surface area (Å²) < 4.78 is 9.46. The van der Waals surface area contributed by atoms with Gasteiger partial charge in [0.2, 0.25) is 0 Å². The predicted octanol–water partition coefficient (Wildman–Crippen LogP) is 16.3. The highest BCUT2D eigenvalue weighted by Crippen LogP contribution is 2.48. The molecule has 2 aromatic heterocycles. The molecule has 12 aromatic rings. The van der Waals surface area contributed by atoms with Gasteiger partial charge in [0.05, 0.1) is 16.7 Å². The predicted molar refractivity (Wildman–Crippen MR) is 257 cm³/mol. The van der Waals surface area contributed by atoms with E-state index in [1.54, 1.807) is 0 Å². The Morgan fingerprint density at radius 1 is 0.361 bits per heavy atom. The summed E-state index contributed by atoms with van der Waals surface area (Å²) in [5.74, 6) is 0. The van der Waals surface area contributed by atoms with Crippen molar-refractivity contribution in [3.05, 3.63) is 231 Å². The fourth-order valence-electron chi connectivity index (χ4n) is 9.33. The van der Waals surface area contributed by atoms with Crippen LogP contribution in [0.5, 0.6) is 0 Å². The topological polar surface area (TPSA) is 21.3 Å². The fraction of sp³-hybridized carbons (Fsp3) is 0. The van der Waals surface area contributed by atoms with Gasteiger partial charge in [0.25, 0.3) is 0 Å². The van der Waals surface area contributed by atoms with E-state index in [0.717, 1.165) is 61.4 Å². The molecule has 0 saturated carbocycles. The number of hydrogen-bond donors (Lipinski definition) is 0. The first kappa shape index (κ1) is 34.9. The average Bonchev–Trinajstić information content (AvgIpc) is 3.90. The Balaban J connectivity index is 1.05. The fourth-order valence-corrected chi connectivity index (χ4v) is 9.33. The van der Waals surface area contributed by atoms with Crippen molar-refractivity contribution >= 4 is 71.6 Å². The molecule has 2 heterocycles. The van der Waals surface area contributed by atoms with Gasteiger partial charge in [-0.15, -0.1) is 0 Å². The standard InChI is InChI=1S/C58H38N2O/c1-4-14-39(15-5-1)40-24-26-41(27-25-40)42-28-32-47(33-29-42)59(45-17-6-2-7-18-45)54-36-34-49(57-56-48-21-11-10-16-43(48)31-37-55(56)61-58(54)57)44-30-35-53-51(38-44)50-22-12-13-23-52(50)60(53)46-19-8-3-9-20-46/h1-38H. The van der Waals surface area contributed by atoms with Crippen LogP contribution in [0, 0.1) is 0 Å². The Morgan fingerprint density at radius 3 is 1.66 bits per heavy atom. The number of nitrogens with zero attached hydrogens (tertiary/aromatic N) is 2. The highest BCUT2D eigenvalue weighted by Gasteiger charge is 2.24. The summed E-state index contributed by atoms with van der Waals surface area (Å²) in [6, 6.07) is 82.7. The van der Waals surface area contributed by atoms with Crippen molar-refractivity contribution in [1.82, 2.24) is 4.57 Å². The average molecular weight is 779 g/mol. The van der Waals surface area contributed by atoms with E-state index in [4.69, 9.17) is 4.42 Å². The molecule has 286 valence electrons. The smallest absolute Gasteiger partial charge is 0.160 e. The maximum atomic E-state index is 7.09.